The maximum Gasteiger partial charge on any atom is 0.227 e. The lowest BCUT2D eigenvalue weighted by Gasteiger charge is -2.38. The Balaban J connectivity index is 1.76. The lowest BCUT2D eigenvalue weighted by atomic mass is 10.1. The molecule has 1 aliphatic rings. The highest BCUT2D eigenvalue weighted by Crippen LogP contribution is 2.13. The van der Waals surface area contributed by atoms with Gasteiger partial charge >= 0.3 is 0 Å². The number of aromatic nitrogens is 2. The monoisotopic (exact) mass is 324 g/mol. The van der Waals surface area contributed by atoms with Crippen LogP contribution in [0.25, 0.3) is 0 Å². The third kappa shape index (κ3) is 4.75. The molecular weight excluding hydrogens is 296 g/mol. The first kappa shape index (κ1) is 17.9. The number of rotatable bonds is 7. The zero-order valence-corrected chi connectivity index (χ0v) is 14.4. The molecule has 0 saturated carbocycles. The molecule has 0 spiro atoms. The van der Waals surface area contributed by atoms with Crippen molar-refractivity contribution in [2.24, 2.45) is 0 Å². The number of piperazine rings is 1. The molecule has 0 bridgehead atoms. The number of hydrogen-bond acceptors (Lipinski definition) is 6. The molecule has 7 nitrogen and oxygen atoms in total. The van der Waals surface area contributed by atoms with Gasteiger partial charge < -0.3 is 14.5 Å². The van der Waals surface area contributed by atoms with Crippen molar-refractivity contribution in [1.29, 1.82) is 0 Å². The maximum absolute atomic E-state index is 12.3. The van der Waals surface area contributed by atoms with Crippen molar-refractivity contribution < 1.29 is 14.4 Å². The molecular formula is C16H28N4O3. The van der Waals surface area contributed by atoms with Crippen molar-refractivity contribution in [1.82, 2.24) is 19.9 Å². The molecule has 1 amide bonds. The van der Waals surface area contributed by atoms with E-state index >= 15 is 0 Å². The highest BCUT2D eigenvalue weighted by molar-refractivity contribution is 5.76. The van der Waals surface area contributed by atoms with Crippen LogP contribution in [-0.2, 0) is 11.2 Å². The van der Waals surface area contributed by atoms with Crippen LogP contribution in [0.4, 0.5) is 0 Å². The molecule has 1 aromatic heterocycles. The molecule has 1 fully saturated rings. The molecule has 1 N–H and O–H groups in total. The third-order valence-corrected chi connectivity index (χ3v) is 4.42. The Morgan fingerprint density at radius 2 is 2.00 bits per heavy atom. The van der Waals surface area contributed by atoms with Gasteiger partial charge in [-0.25, -0.2) is 0 Å². The number of hydrogen-bond donors (Lipinski definition) is 1. The first-order chi connectivity index (χ1) is 11.0. The number of nitrogens with zero attached hydrogens (tertiary/aromatic N) is 4. The van der Waals surface area contributed by atoms with E-state index in [1.54, 1.807) is 0 Å². The van der Waals surface area contributed by atoms with Crippen LogP contribution < -0.4 is 0 Å². The maximum atomic E-state index is 12.3. The lowest BCUT2D eigenvalue weighted by Crippen LogP contribution is -2.52. The van der Waals surface area contributed by atoms with E-state index in [0.717, 1.165) is 32.6 Å². The summed E-state index contributed by atoms with van der Waals surface area (Å²) in [5.41, 5.74) is 0. The van der Waals surface area contributed by atoms with Gasteiger partial charge in [-0.1, -0.05) is 25.9 Å². The quantitative estimate of drug-likeness (QED) is 0.807. The first-order valence-electron chi connectivity index (χ1n) is 8.50. The highest BCUT2D eigenvalue weighted by atomic mass is 16.5. The lowest BCUT2D eigenvalue weighted by molar-refractivity contribution is -0.133. The van der Waals surface area contributed by atoms with Gasteiger partial charge in [0.2, 0.25) is 11.8 Å². The van der Waals surface area contributed by atoms with Crippen molar-refractivity contribution >= 4 is 5.91 Å². The second-order valence-corrected chi connectivity index (χ2v) is 6.36. The van der Waals surface area contributed by atoms with Gasteiger partial charge in [-0.15, -0.1) is 0 Å². The van der Waals surface area contributed by atoms with Crippen LogP contribution in [0.3, 0.4) is 0 Å². The molecule has 7 heteroatoms. The van der Waals surface area contributed by atoms with Crippen LogP contribution in [-0.4, -0.2) is 69.8 Å². The summed E-state index contributed by atoms with van der Waals surface area (Å²) in [6.45, 7) is 9.36. The Labute approximate surface area is 137 Å². The van der Waals surface area contributed by atoms with Gasteiger partial charge in [0.15, 0.2) is 5.82 Å². The molecule has 0 aromatic carbocycles. The molecule has 1 aromatic rings. The van der Waals surface area contributed by atoms with E-state index in [1.165, 1.54) is 0 Å². The van der Waals surface area contributed by atoms with Crippen LogP contribution in [0, 0.1) is 0 Å². The fraction of sp³-hybridized carbons (Fsp3) is 0.812. The standard InChI is InChI=1S/C16H28N4O3/c1-4-13(11-21)19-7-9-20(10-8-19)15(22)6-5-14-17-16(12(2)3)18-23-14/h12-13,21H,4-11H2,1-3H3. The summed E-state index contributed by atoms with van der Waals surface area (Å²) in [5.74, 6) is 1.59. The van der Waals surface area contributed by atoms with Gasteiger partial charge in [0.1, 0.15) is 0 Å². The zero-order valence-electron chi connectivity index (χ0n) is 14.4. The molecule has 1 aliphatic heterocycles. The summed E-state index contributed by atoms with van der Waals surface area (Å²) in [7, 11) is 0. The molecule has 1 saturated heterocycles. The van der Waals surface area contributed by atoms with Gasteiger partial charge in [0, 0.05) is 51.0 Å². The Morgan fingerprint density at radius 3 is 2.52 bits per heavy atom. The van der Waals surface area contributed by atoms with Crippen LogP contribution in [0.2, 0.25) is 0 Å². The number of carbonyl (C=O) groups excluding carboxylic acids is 1. The van der Waals surface area contributed by atoms with Crippen LogP contribution in [0.15, 0.2) is 4.52 Å². The molecule has 2 heterocycles. The Hall–Kier alpha value is -1.47. The largest absolute Gasteiger partial charge is 0.395 e. The summed E-state index contributed by atoms with van der Waals surface area (Å²) < 4.78 is 5.17. The summed E-state index contributed by atoms with van der Waals surface area (Å²) in [4.78, 5) is 20.7. The van der Waals surface area contributed by atoms with Gasteiger partial charge in [0.05, 0.1) is 6.61 Å². The molecule has 1 unspecified atom stereocenters. The molecule has 130 valence electrons. The van der Waals surface area contributed by atoms with E-state index in [2.05, 4.69) is 22.0 Å². The summed E-state index contributed by atoms with van der Waals surface area (Å²) in [6, 6.07) is 0.208. The summed E-state index contributed by atoms with van der Waals surface area (Å²) >= 11 is 0. The minimum Gasteiger partial charge on any atom is -0.395 e. The third-order valence-electron chi connectivity index (χ3n) is 4.42. The molecule has 23 heavy (non-hydrogen) atoms. The fourth-order valence-electron chi connectivity index (χ4n) is 2.82. The van der Waals surface area contributed by atoms with Crippen molar-refractivity contribution in [2.45, 2.75) is 52.0 Å². The predicted octanol–water partition coefficient (Wildman–Crippen LogP) is 1.04. The summed E-state index contributed by atoms with van der Waals surface area (Å²) in [6.07, 6.45) is 1.82. The van der Waals surface area contributed by atoms with Crippen LogP contribution in [0.1, 0.15) is 51.2 Å². The first-order valence-corrected chi connectivity index (χ1v) is 8.50. The van der Waals surface area contributed by atoms with Gasteiger partial charge in [-0.2, -0.15) is 4.98 Å². The number of aliphatic hydroxyl groups is 1. The second-order valence-electron chi connectivity index (χ2n) is 6.36. The van der Waals surface area contributed by atoms with Gasteiger partial charge in [0.25, 0.3) is 0 Å². The number of aryl methyl sites for hydroxylation is 1. The highest BCUT2D eigenvalue weighted by Gasteiger charge is 2.25. The van der Waals surface area contributed by atoms with Crippen molar-refractivity contribution in [3.63, 3.8) is 0 Å². The van der Waals surface area contributed by atoms with Crippen molar-refractivity contribution in [2.75, 3.05) is 32.8 Å². The van der Waals surface area contributed by atoms with E-state index < -0.39 is 0 Å². The van der Waals surface area contributed by atoms with E-state index in [-0.39, 0.29) is 24.5 Å². The van der Waals surface area contributed by atoms with Crippen LogP contribution in [0.5, 0.6) is 0 Å². The fourth-order valence-corrected chi connectivity index (χ4v) is 2.82. The number of amides is 1. The summed E-state index contributed by atoms with van der Waals surface area (Å²) in [5, 5.41) is 13.3. The topological polar surface area (TPSA) is 82.7 Å². The molecule has 2 rings (SSSR count). The van der Waals surface area contributed by atoms with E-state index in [4.69, 9.17) is 4.52 Å². The average Bonchev–Trinajstić information content (AvgIpc) is 3.04. The molecule has 0 radical (unpaired) electrons. The zero-order chi connectivity index (χ0) is 16.8. The Bertz CT molecular complexity index is 491. The van der Waals surface area contributed by atoms with Crippen molar-refractivity contribution in [3.8, 4) is 0 Å². The Morgan fingerprint density at radius 1 is 1.30 bits per heavy atom. The number of aliphatic hydroxyl groups excluding tert-OH is 1. The van der Waals surface area contributed by atoms with Gasteiger partial charge in [-0.05, 0) is 6.42 Å². The van der Waals surface area contributed by atoms with E-state index in [1.807, 2.05) is 18.7 Å². The smallest absolute Gasteiger partial charge is 0.227 e. The molecule has 1 atom stereocenters. The van der Waals surface area contributed by atoms with Crippen LogP contribution >= 0.6 is 0 Å². The molecule has 0 aliphatic carbocycles. The average molecular weight is 324 g/mol. The Kier molecular flexibility index (Phi) is 6.53. The minimum absolute atomic E-state index is 0.131. The second kappa shape index (κ2) is 8.40. The van der Waals surface area contributed by atoms with Crippen molar-refractivity contribution in [3.05, 3.63) is 11.7 Å². The van der Waals surface area contributed by atoms with E-state index in [0.29, 0.717) is 24.6 Å². The SMILES string of the molecule is CCC(CO)N1CCN(C(=O)CCc2nc(C(C)C)no2)CC1. The number of carbonyl (C=O) groups is 1. The predicted molar refractivity (Wildman–Crippen MR) is 86.0 cm³/mol. The minimum atomic E-state index is 0.131. The normalized spacial score (nSPS) is 17.7. The van der Waals surface area contributed by atoms with Gasteiger partial charge in [-0.3, -0.25) is 9.69 Å². The van der Waals surface area contributed by atoms with E-state index in [9.17, 15) is 9.90 Å².